The number of carbonyl (C=O) groups excluding carboxylic acids is 3. The molecule has 92 valence electrons. The molecule has 2 rings (SSSR count). The Morgan fingerprint density at radius 2 is 1.67 bits per heavy atom. The molecule has 6 heteroatoms. The Bertz CT molecular complexity index is 516. The van der Waals surface area contributed by atoms with Gasteiger partial charge >= 0.3 is 0 Å². The number of amides is 3. The van der Waals surface area contributed by atoms with Crippen LogP contribution < -0.4 is 11.3 Å². The number of nitrogens with one attached hydrogen (secondary N) is 1. The Labute approximate surface area is 103 Å². The van der Waals surface area contributed by atoms with E-state index in [2.05, 4.69) is 0 Å². The number of nitrogens with two attached hydrogens (primary N) is 1. The third-order valence-electron chi connectivity index (χ3n) is 2.59. The fraction of sp³-hybridized carbons (Fsp3) is 0.0833. The van der Waals surface area contributed by atoms with E-state index in [9.17, 15) is 14.4 Å². The summed E-state index contributed by atoms with van der Waals surface area (Å²) in [4.78, 5) is 35.0. The molecule has 0 aliphatic carbocycles. The Hall–Kier alpha value is -2.47. The average molecular weight is 245 g/mol. The van der Waals surface area contributed by atoms with Crippen molar-refractivity contribution in [3.63, 3.8) is 0 Å². The van der Waals surface area contributed by atoms with Crippen LogP contribution in [0.15, 0.2) is 36.4 Å². The Balaban J connectivity index is 2.09. The summed E-state index contributed by atoms with van der Waals surface area (Å²) in [6, 6.07) is 6.50. The van der Waals surface area contributed by atoms with Gasteiger partial charge in [0.05, 0.1) is 6.54 Å². The lowest BCUT2D eigenvalue weighted by Crippen LogP contribution is -2.30. The monoisotopic (exact) mass is 245 g/mol. The molecular formula is C12H11N3O3. The van der Waals surface area contributed by atoms with Crippen molar-refractivity contribution >= 4 is 17.7 Å². The summed E-state index contributed by atoms with van der Waals surface area (Å²) in [5, 5.41) is 0. The van der Waals surface area contributed by atoms with Crippen LogP contribution in [0.25, 0.3) is 0 Å². The van der Waals surface area contributed by atoms with E-state index in [1.165, 1.54) is 12.2 Å². The molecule has 1 heterocycles. The highest BCUT2D eigenvalue weighted by molar-refractivity contribution is 6.12. The molecule has 1 aliphatic heterocycles. The van der Waals surface area contributed by atoms with Gasteiger partial charge in [-0.25, -0.2) is 5.84 Å². The first-order chi connectivity index (χ1) is 8.61. The van der Waals surface area contributed by atoms with E-state index in [1.54, 1.807) is 24.3 Å². The number of hydrogen-bond donors (Lipinski definition) is 2. The van der Waals surface area contributed by atoms with Crippen molar-refractivity contribution in [3.05, 3.63) is 47.5 Å². The number of rotatable bonds is 3. The molecule has 0 radical (unpaired) electrons. The first kappa shape index (κ1) is 12.0. The third kappa shape index (κ3) is 2.28. The maximum atomic E-state index is 11.3. The predicted molar refractivity (Wildman–Crippen MR) is 62.8 cm³/mol. The summed E-state index contributed by atoms with van der Waals surface area (Å²) in [6.07, 6.45) is 2.47. The van der Waals surface area contributed by atoms with Crippen LogP contribution >= 0.6 is 0 Å². The third-order valence-corrected chi connectivity index (χ3v) is 2.59. The van der Waals surface area contributed by atoms with Crippen molar-refractivity contribution in [3.8, 4) is 0 Å². The van der Waals surface area contributed by atoms with Gasteiger partial charge in [0.1, 0.15) is 0 Å². The summed E-state index contributed by atoms with van der Waals surface area (Å²) in [7, 11) is 0. The smallest absolute Gasteiger partial charge is 0.265 e. The fourth-order valence-electron chi connectivity index (χ4n) is 1.61. The number of nitrogens with zero attached hydrogens (tertiary/aromatic N) is 1. The number of imide groups is 1. The first-order valence-corrected chi connectivity index (χ1v) is 5.25. The van der Waals surface area contributed by atoms with E-state index in [0.717, 1.165) is 10.5 Å². The van der Waals surface area contributed by atoms with Gasteiger partial charge in [-0.1, -0.05) is 12.1 Å². The maximum Gasteiger partial charge on any atom is 0.265 e. The lowest BCUT2D eigenvalue weighted by Gasteiger charge is -2.13. The quantitative estimate of drug-likeness (QED) is 0.331. The SMILES string of the molecule is NNC(=O)c1ccc(CN2C(=O)C=CC2=O)cc1. The highest BCUT2D eigenvalue weighted by Gasteiger charge is 2.23. The molecule has 0 spiro atoms. The molecule has 1 aromatic rings. The highest BCUT2D eigenvalue weighted by Crippen LogP contribution is 2.11. The van der Waals surface area contributed by atoms with Gasteiger partial charge in [-0.15, -0.1) is 0 Å². The summed E-state index contributed by atoms with van der Waals surface area (Å²) >= 11 is 0. The van der Waals surface area contributed by atoms with E-state index in [-0.39, 0.29) is 18.4 Å². The van der Waals surface area contributed by atoms with Crippen molar-refractivity contribution in [1.82, 2.24) is 10.3 Å². The summed E-state index contributed by atoms with van der Waals surface area (Å²) in [6.45, 7) is 0.190. The van der Waals surface area contributed by atoms with E-state index >= 15 is 0 Å². The largest absolute Gasteiger partial charge is 0.290 e. The number of benzene rings is 1. The molecule has 0 fully saturated rings. The van der Waals surface area contributed by atoms with E-state index in [0.29, 0.717) is 5.56 Å². The fourth-order valence-corrected chi connectivity index (χ4v) is 1.61. The number of hydrazine groups is 1. The number of carbonyl (C=O) groups is 3. The molecule has 0 atom stereocenters. The molecular weight excluding hydrogens is 234 g/mol. The zero-order valence-electron chi connectivity index (χ0n) is 9.42. The molecule has 3 amide bonds. The molecule has 3 N–H and O–H groups in total. The molecule has 1 aliphatic rings. The van der Waals surface area contributed by atoms with Gasteiger partial charge < -0.3 is 0 Å². The second-order valence-corrected chi connectivity index (χ2v) is 3.77. The molecule has 0 unspecified atom stereocenters. The normalized spacial score (nSPS) is 14.2. The number of nitrogen functional groups attached to an aromatic ring is 1. The molecule has 0 aromatic heterocycles. The van der Waals surface area contributed by atoms with Crippen LogP contribution in [0.2, 0.25) is 0 Å². The van der Waals surface area contributed by atoms with Crippen LogP contribution in [0.1, 0.15) is 15.9 Å². The zero-order valence-corrected chi connectivity index (χ0v) is 9.42. The lowest BCUT2D eigenvalue weighted by molar-refractivity contribution is -0.137. The second-order valence-electron chi connectivity index (χ2n) is 3.77. The number of hydrogen-bond acceptors (Lipinski definition) is 4. The standard InChI is InChI=1S/C12H11N3O3/c13-14-12(18)9-3-1-8(2-4-9)7-15-10(16)5-6-11(15)17/h1-6H,7,13H2,(H,14,18). The van der Waals surface area contributed by atoms with Gasteiger partial charge in [0.25, 0.3) is 17.7 Å². The van der Waals surface area contributed by atoms with Crippen LogP contribution in [0.3, 0.4) is 0 Å². The van der Waals surface area contributed by atoms with Gasteiger partial charge in [-0.2, -0.15) is 0 Å². The van der Waals surface area contributed by atoms with Crippen LogP contribution in [0, 0.1) is 0 Å². The molecule has 6 nitrogen and oxygen atoms in total. The molecule has 0 saturated carbocycles. The maximum absolute atomic E-state index is 11.3. The van der Waals surface area contributed by atoms with Crippen LogP contribution in [0.4, 0.5) is 0 Å². The second kappa shape index (κ2) is 4.80. The molecule has 18 heavy (non-hydrogen) atoms. The molecule has 0 saturated heterocycles. The van der Waals surface area contributed by atoms with Gasteiger partial charge in [0, 0.05) is 17.7 Å². The zero-order chi connectivity index (χ0) is 13.1. The minimum Gasteiger partial charge on any atom is -0.290 e. The summed E-state index contributed by atoms with van der Waals surface area (Å²) in [5.74, 6) is 3.95. The Morgan fingerprint density at radius 1 is 1.11 bits per heavy atom. The van der Waals surface area contributed by atoms with Crippen molar-refractivity contribution in [1.29, 1.82) is 0 Å². The van der Waals surface area contributed by atoms with Crippen LogP contribution in [-0.4, -0.2) is 22.6 Å². The Kier molecular flexibility index (Phi) is 3.20. The van der Waals surface area contributed by atoms with Crippen molar-refractivity contribution < 1.29 is 14.4 Å². The van der Waals surface area contributed by atoms with E-state index in [4.69, 9.17) is 5.84 Å². The lowest BCUT2D eigenvalue weighted by atomic mass is 10.1. The predicted octanol–water partition coefficient (Wildman–Crippen LogP) is -0.285. The molecule has 1 aromatic carbocycles. The highest BCUT2D eigenvalue weighted by atomic mass is 16.2. The van der Waals surface area contributed by atoms with Gasteiger partial charge in [-0.05, 0) is 17.7 Å². The Morgan fingerprint density at radius 3 is 2.17 bits per heavy atom. The van der Waals surface area contributed by atoms with Crippen molar-refractivity contribution in [2.24, 2.45) is 5.84 Å². The van der Waals surface area contributed by atoms with Crippen molar-refractivity contribution in [2.75, 3.05) is 0 Å². The van der Waals surface area contributed by atoms with E-state index in [1.807, 2.05) is 5.43 Å². The minimum atomic E-state index is -0.392. The summed E-state index contributed by atoms with van der Waals surface area (Å²) < 4.78 is 0. The van der Waals surface area contributed by atoms with Gasteiger partial charge in [0.2, 0.25) is 0 Å². The van der Waals surface area contributed by atoms with Gasteiger partial charge in [-0.3, -0.25) is 24.7 Å². The first-order valence-electron chi connectivity index (χ1n) is 5.25. The van der Waals surface area contributed by atoms with Crippen molar-refractivity contribution in [2.45, 2.75) is 6.54 Å². The topological polar surface area (TPSA) is 92.5 Å². The van der Waals surface area contributed by atoms with Gasteiger partial charge in [0.15, 0.2) is 0 Å². The van der Waals surface area contributed by atoms with Crippen LogP contribution in [0.5, 0.6) is 0 Å². The minimum absolute atomic E-state index is 0.190. The summed E-state index contributed by atoms with van der Waals surface area (Å²) in [5.41, 5.74) is 3.19. The van der Waals surface area contributed by atoms with Crippen LogP contribution in [-0.2, 0) is 16.1 Å². The average Bonchev–Trinajstić information content (AvgIpc) is 2.70. The van der Waals surface area contributed by atoms with E-state index < -0.39 is 5.91 Å². The molecule has 0 bridgehead atoms.